The quantitative estimate of drug-likeness (QED) is 0.618. The molecule has 2 heteroatoms. The van der Waals surface area contributed by atoms with E-state index in [0.717, 1.165) is 3.51 Å². The Balaban J connectivity index is 2.99. The second kappa shape index (κ2) is 2.98. The van der Waals surface area contributed by atoms with Crippen molar-refractivity contribution in [3.05, 3.63) is 30.3 Å². The van der Waals surface area contributed by atoms with Gasteiger partial charge in [-0.3, -0.25) is 0 Å². The fraction of sp³-hybridized carbons (Fsp3) is 0. The Morgan fingerprint density at radius 3 is 2.12 bits per heavy atom. The van der Waals surface area contributed by atoms with Gasteiger partial charge in [0.15, 0.2) is 0 Å². The Morgan fingerprint density at radius 2 is 1.75 bits per heavy atom. The zero-order valence-electron chi connectivity index (χ0n) is 4.24. The van der Waals surface area contributed by atoms with Crippen molar-refractivity contribution in [1.82, 2.24) is 0 Å². The first-order valence-corrected chi connectivity index (χ1v) is 4.64. The van der Waals surface area contributed by atoms with E-state index in [-0.39, 0.29) is 0 Å². The SMILES string of the molecule is [O]=[Sb][c]1ccccc1. The third-order valence-electron chi connectivity index (χ3n) is 0.862. The zero-order valence-corrected chi connectivity index (χ0v) is 6.79. The molecule has 0 aliphatic heterocycles. The molecule has 1 aromatic carbocycles. The molecule has 0 aliphatic carbocycles. The number of hydrogen-bond acceptors (Lipinski definition) is 1. The molecule has 0 fully saturated rings. The summed E-state index contributed by atoms with van der Waals surface area (Å²) in [5.41, 5.74) is 0. The van der Waals surface area contributed by atoms with Crippen LogP contribution in [-0.2, 0) is 3.02 Å². The molecule has 0 saturated carbocycles. The first-order chi connectivity index (χ1) is 3.93. The summed E-state index contributed by atoms with van der Waals surface area (Å²) in [5.74, 6) is 0. The summed E-state index contributed by atoms with van der Waals surface area (Å²) in [7, 11) is 0. The van der Waals surface area contributed by atoms with Crippen molar-refractivity contribution in [2.45, 2.75) is 0 Å². The van der Waals surface area contributed by atoms with Crippen molar-refractivity contribution in [3.8, 4) is 0 Å². The molecule has 0 unspecified atom stereocenters. The number of hydrogen-bond donors (Lipinski definition) is 0. The third kappa shape index (κ3) is 1.41. The van der Waals surface area contributed by atoms with E-state index < -0.39 is 21.6 Å². The standard InChI is InChI=1S/C6H5.O.Sb/c1-2-4-6-5-3-1;;/h1-5H;;. The molecule has 0 bridgehead atoms. The van der Waals surface area contributed by atoms with Gasteiger partial charge < -0.3 is 0 Å². The molecule has 0 atom stereocenters. The summed E-state index contributed by atoms with van der Waals surface area (Å²) >= 11 is -1.24. The molecule has 8 heavy (non-hydrogen) atoms. The maximum atomic E-state index is 10.3. The molecule has 0 saturated heterocycles. The van der Waals surface area contributed by atoms with E-state index in [0.29, 0.717) is 0 Å². The van der Waals surface area contributed by atoms with Gasteiger partial charge in [-0.05, 0) is 0 Å². The average molecular weight is 215 g/mol. The summed E-state index contributed by atoms with van der Waals surface area (Å²) in [6.07, 6.45) is 0. The van der Waals surface area contributed by atoms with Gasteiger partial charge in [-0.15, -0.1) is 0 Å². The van der Waals surface area contributed by atoms with Gasteiger partial charge in [-0.25, -0.2) is 0 Å². The van der Waals surface area contributed by atoms with Gasteiger partial charge in [-0.2, -0.15) is 0 Å². The van der Waals surface area contributed by atoms with Crippen LogP contribution in [0.5, 0.6) is 0 Å². The topological polar surface area (TPSA) is 17.1 Å². The molecule has 1 aromatic rings. The van der Waals surface area contributed by atoms with Gasteiger partial charge in [0.25, 0.3) is 0 Å². The van der Waals surface area contributed by atoms with Crippen LogP contribution in [0.15, 0.2) is 30.3 Å². The zero-order chi connectivity index (χ0) is 5.82. The van der Waals surface area contributed by atoms with Crippen LogP contribution in [0.25, 0.3) is 0 Å². The Hall–Kier alpha value is -0.162. The summed E-state index contributed by atoms with van der Waals surface area (Å²) in [4.78, 5) is 0. The average Bonchev–Trinajstić information content (AvgIpc) is 1.90. The van der Waals surface area contributed by atoms with Crippen LogP contribution in [0.4, 0.5) is 0 Å². The molecule has 0 spiro atoms. The van der Waals surface area contributed by atoms with Crippen LogP contribution >= 0.6 is 0 Å². The van der Waals surface area contributed by atoms with Crippen molar-refractivity contribution < 1.29 is 3.02 Å². The van der Waals surface area contributed by atoms with E-state index in [1.807, 2.05) is 30.3 Å². The van der Waals surface area contributed by atoms with Gasteiger partial charge in [0.05, 0.1) is 0 Å². The molecule has 0 heterocycles. The Bertz CT molecular complexity index is 171. The van der Waals surface area contributed by atoms with Crippen LogP contribution in [-0.4, -0.2) is 21.6 Å². The van der Waals surface area contributed by atoms with Crippen molar-refractivity contribution in [3.63, 3.8) is 0 Å². The number of rotatable bonds is 1. The molecule has 0 aromatic heterocycles. The van der Waals surface area contributed by atoms with Crippen molar-refractivity contribution in [2.24, 2.45) is 0 Å². The van der Waals surface area contributed by atoms with E-state index in [1.54, 1.807) is 0 Å². The predicted molar refractivity (Wildman–Crippen MR) is 32.5 cm³/mol. The van der Waals surface area contributed by atoms with Crippen molar-refractivity contribution >= 4 is 25.1 Å². The van der Waals surface area contributed by atoms with E-state index in [4.69, 9.17) is 0 Å². The van der Waals surface area contributed by atoms with Crippen LogP contribution in [0.2, 0.25) is 0 Å². The fourth-order valence-corrected chi connectivity index (χ4v) is 1.33. The van der Waals surface area contributed by atoms with Crippen LogP contribution in [0.1, 0.15) is 0 Å². The first kappa shape index (κ1) is 5.97. The van der Waals surface area contributed by atoms with E-state index in [1.165, 1.54) is 0 Å². The van der Waals surface area contributed by atoms with Crippen molar-refractivity contribution in [1.29, 1.82) is 0 Å². The second-order valence-electron chi connectivity index (χ2n) is 1.43. The number of benzene rings is 1. The predicted octanol–water partition coefficient (Wildman–Crippen LogP) is 0.362. The molecule has 1 rings (SSSR count). The van der Waals surface area contributed by atoms with Crippen molar-refractivity contribution in [2.75, 3.05) is 0 Å². The summed E-state index contributed by atoms with van der Waals surface area (Å²) in [6, 6.07) is 9.52. The Labute approximate surface area is 58.6 Å². The molecule has 1 nitrogen and oxygen atoms in total. The molecule has 0 radical (unpaired) electrons. The molecular weight excluding hydrogens is 210 g/mol. The van der Waals surface area contributed by atoms with Crippen LogP contribution in [0.3, 0.4) is 0 Å². The van der Waals surface area contributed by atoms with Gasteiger partial charge in [0, 0.05) is 0 Å². The molecule has 0 amide bonds. The van der Waals surface area contributed by atoms with Gasteiger partial charge in [0.2, 0.25) is 0 Å². The van der Waals surface area contributed by atoms with E-state index >= 15 is 0 Å². The van der Waals surface area contributed by atoms with Crippen LogP contribution < -0.4 is 3.51 Å². The molecular formula is C6H5OSb. The summed E-state index contributed by atoms with van der Waals surface area (Å²) < 4.78 is 11.3. The maximum absolute atomic E-state index is 10.3. The minimum absolute atomic E-state index is 1.00. The Kier molecular flexibility index (Phi) is 2.23. The van der Waals surface area contributed by atoms with Crippen LogP contribution in [0, 0.1) is 0 Å². The minimum atomic E-state index is -1.24. The molecule has 40 valence electrons. The molecule has 0 N–H and O–H groups in total. The third-order valence-corrected chi connectivity index (χ3v) is 2.31. The van der Waals surface area contributed by atoms with Gasteiger partial charge in [0.1, 0.15) is 0 Å². The summed E-state index contributed by atoms with van der Waals surface area (Å²) in [5, 5.41) is 0. The normalized spacial score (nSPS) is 8.50. The second-order valence-corrected chi connectivity index (χ2v) is 3.42. The van der Waals surface area contributed by atoms with Gasteiger partial charge >= 0.3 is 58.5 Å². The van der Waals surface area contributed by atoms with E-state index in [2.05, 4.69) is 0 Å². The fourth-order valence-electron chi connectivity index (χ4n) is 0.489. The summed E-state index contributed by atoms with van der Waals surface area (Å²) in [6.45, 7) is 0. The van der Waals surface area contributed by atoms with E-state index in [9.17, 15) is 3.02 Å². The van der Waals surface area contributed by atoms with Gasteiger partial charge in [-0.1, -0.05) is 0 Å². The Morgan fingerprint density at radius 1 is 1.12 bits per heavy atom. The first-order valence-electron chi connectivity index (χ1n) is 2.32. The molecule has 0 aliphatic rings. The monoisotopic (exact) mass is 214 g/mol.